The Kier molecular flexibility index (Phi) is 4.86. The Bertz CT molecular complexity index is 382. The van der Waals surface area contributed by atoms with Crippen LogP contribution in [0.15, 0.2) is 18.3 Å². The number of aromatic nitrogens is 1. The van der Waals surface area contributed by atoms with Crippen molar-refractivity contribution in [2.24, 2.45) is 0 Å². The number of hydrogen-bond acceptors (Lipinski definition) is 5. The number of carbonyl (C=O) groups is 1. The van der Waals surface area contributed by atoms with Crippen LogP contribution >= 0.6 is 0 Å². The minimum atomic E-state index is -0.823. The van der Waals surface area contributed by atoms with E-state index in [1.807, 2.05) is 0 Å². The first-order chi connectivity index (χ1) is 8.04. The molecule has 1 rings (SSSR count). The maximum atomic E-state index is 11.6. The highest BCUT2D eigenvalue weighted by molar-refractivity contribution is 5.92. The third-order valence-corrected chi connectivity index (χ3v) is 2.14. The third-order valence-electron chi connectivity index (χ3n) is 2.14. The number of aliphatic hydroxyl groups excluding tert-OH is 2. The zero-order chi connectivity index (χ0) is 12.8. The van der Waals surface area contributed by atoms with E-state index in [4.69, 9.17) is 5.11 Å². The molecule has 0 saturated heterocycles. The van der Waals surface area contributed by atoms with Crippen LogP contribution in [0, 0.1) is 0 Å². The van der Waals surface area contributed by atoms with Crippen molar-refractivity contribution in [3.63, 3.8) is 0 Å². The highest BCUT2D eigenvalue weighted by Gasteiger charge is 2.10. The zero-order valence-electron chi connectivity index (χ0n) is 9.92. The summed E-state index contributed by atoms with van der Waals surface area (Å²) in [5, 5.41) is 20.8. The van der Waals surface area contributed by atoms with Gasteiger partial charge >= 0.3 is 0 Å². The monoisotopic (exact) mass is 239 g/mol. The van der Waals surface area contributed by atoms with E-state index in [1.54, 1.807) is 26.2 Å². The zero-order valence-corrected chi connectivity index (χ0v) is 9.92. The summed E-state index contributed by atoms with van der Waals surface area (Å²) < 4.78 is 0. The summed E-state index contributed by atoms with van der Waals surface area (Å²) in [6.45, 7) is -0.0856. The lowest BCUT2D eigenvalue weighted by Crippen LogP contribution is -2.24. The molecular weight excluding hydrogens is 222 g/mol. The molecule has 0 aromatic carbocycles. The molecule has 3 N–H and O–H groups in total. The molecule has 0 saturated carbocycles. The van der Waals surface area contributed by atoms with Gasteiger partial charge in [-0.2, -0.15) is 0 Å². The normalized spacial score (nSPS) is 12.0. The van der Waals surface area contributed by atoms with Crippen molar-refractivity contribution in [3.05, 3.63) is 24.0 Å². The van der Waals surface area contributed by atoms with Crippen LogP contribution in [0.3, 0.4) is 0 Å². The largest absolute Gasteiger partial charge is 0.394 e. The summed E-state index contributed by atoms with van der Waals surface area (Å²) in [5.74, 6) is -0.184. The van der Waals surface area contributed by atoms with E-state index < -0.39 is 6.10 Å². The lowest BCUT2D eigenvalue weighted by molar-refractivity contribution is 0.0822. The molecule has 1 heterocycles. The molecule has 94 valence electrons. The van der Waals surface area contributed by atoms with Gasteiger partial charge in [-0.15, -0.1) is 0 Å². The van der Waals surface area contributed by atoms with Crippen LogP contribution in [-0.4, -0.2) is 59.4 Å². The Hall–Kier alpha value is -1.66. The topological polar surface area (TPSA) is 85.7 Å². The average Bonchev–Trinajstić information content (AvgIpc) is 2.35. The van der Waals surface area contributed by atoms with E-state index in [-0.39, 0.29) is 19.1 Å². The smallest absolute Gasteiger partial charge is 0.272 e. The SMILES string of the molecule is CN(C)C(=O)c1cc(NCC(O)CO)ccn1. The van der Waals surface area contributed by atoms with Gasteiger partial charge in [0.25, 0.3) is 5.91 Å². The molecule has 0 fully saturated rings. The molecule has 6 heteroatoms. The number of rotatable bonds is 5. The van der Waals surface area contributed by atoms with E-state index >= 15 is 0 Å². The fourth-order valence-electron chi connectivity index (χ4n) is 1.19. The molecule has 0 aliphatic rings. The third kappa shape index (κ3) is 4.01. The average molecular weight is 239 g/mol. The Morgan fingerprint density at radius 2 is 2.29 bits per heavy atom. The predicted molar refractivity (Wildman–Crippen MR) is 63.8 cm³/mol. The van der Waals surface area contributed by atoms with Crippen LogP contribution in [0.1, 0.15) is 10.5 Å². The number of hydrogen-bond donors (Lipinski definition) is 3. The second-order valence-electron chi connectivity index (χ2n) is 3.85. The molecule has 0 radical (unpaired) electrons. The summed E-state index contributed by atoms with van der Waals surface area (Å²) in [6, 6.07) is 3.29. The molecule has 1 unspecified atom stereocenters. The number of amides is 1. The van der Waals surface area contributed by atoms with Gasteiger partial charge in [-0.25, -0.2) is 0 Å². The number of pyridine rings is 1. The first-order valence-corrected chi connectivity index (χ1v) is 5.25. The summed E-state index contributed by atoms with van der Waals surface area (Å²) in [7, 11) is 3.30. The number of nitrogens with zero attached hydrogens (tertiary/aromatic N) is 2. The van der Waals surface area contributed by atoms with Crippen LogP contribution in [-0.2, 0) is 0 Å². The lowest BCUT2D eigenvalue weighted by atomic mass is 10.3. The summed E-state index contributed by atoms with van der Waals surface area (Å²) in [6.07, 6.45) is 0.695. The van der Waals surface area contributed by atoms with Crippen molar-refractivity contribution in [1.82, 2.24) is 9.88 Å². The van der Waals surface area contributed by atoms with E-state index in [0.29, 0.717) is 11.4 Å². The van der Waals surface area contributed by atoms with Crippen molar-refractivity contribution in [2.45, 2.75) is 6.10 Å². The first kappa shape index (κ1) is 13.4. The fourth-order valence-corrected chi connectivity index (χ4v) is 1.19. The molecule has 1 aromatic rings. The molecular formula is C11H17N3O3. The number of anilines is 1. The van der Waals surface area contributed by atoms with Gasteiger partial charge in [-0.05, 0) is 12.1 Å². The molecule has 0 aliphatic carbocycles. The van der Waals surface area contributed by atoms with Crippen LogP contribution in [0.4, 0.5) is 5.69 Å². The molecule has 1 aromatic heterocycles. The Balaban J connectivity index is 2.69. The maximum absolute atomic E-state index is 11.6. The molecule has 0 spiro atoms. The van der Waals surface area contributed by atoms with Crippen LogP contribution in [0.5, 0.6) is 0 Å². The molecule has 1 amide bonds. The van der Waals surface area contributed by atoms with Gasteiger partial charge in [-0.3, -0.25) is 9.78 Å². The van der Waals surface area contributed by atoms with Gasteiger partial charge in [0.2, 0.25) is 0 Å². The van der Waals surface area contributed by atoms with Gasteiger partial charge in [-0.1, -0.05) is 0 Å². The first-order valence-electron chi connectivity index (χ1n) is 5.25. The van der Waals surface area contributed by atoms with Gasteiger partial charge in [0.15, 0.2) is 0 Å². The van der Waals surface area contributed by atoms with Gasteiger partial charge < -0.3 is 20.4 Å². The molecule has 1 atom stereocenters. The lowest BCUT2D eigenvalue weighted by Gasteiger charge is -2.12. The summed E-state index contributed by atoms with van der Waals surface area (Å²) >= 11 is 0. The second-order valence-corrected chi connectivity index (χ2v) is 3.85. The van der Waals surface area contributed by atoms with Gasteiger partial charge in [0.05, 0.1) is 12.7 Å². The highest BCUT2D eigenvalue weighted by atomic mass is 16.3. The molecule has 0 aliphatic heterocycles. The van der Waals surface area contributed by atoms with Crippen molar-refractivity contribution >= 4 is 11.6 Å². The minimum absolute atomic E-state index is 0.184. The minimum Gasteiger partial charge on any atom is -0.394 e. The van der Waals surface area contributed by atoms with E-state index in [0.717, 1.165) is 0 Å². The number of nitrogens with one attached hydrogen (secondary N) is 1. The van der Waals surface area contributed by atoms with Gasteiger partial charge in [0, 0.05) is 32.5 Å². The fraction of sp³-hybridized carbons (Fsp3) is 0.455. The number of carbonyl (C=O) groups excluding carboxylic acids is 1. The Labute approximate surface area is 99.9 Å². The second kappa shape index (κ2) is 6.17. The van der Waals surface area contributed by atoms with Crippen molar-refractivity contribution < 1.29 is 15.0 Å². The van der Waals surface area contributed by atoms with Crippen molar-refractivity contribution in [2.75, 3.05) is 32.6 Å². The Morgan fingerprint density at radius 3 is 2.88 bits per heavy atom. The van der Waals surface area contributed by atoms with Crippen LogP contribution in [0.25, 0.3) is 0 Å². The predicted octanol–water partition coefficient (Wildman–Crippen LogP) is -0.452. The number of aliphatic hydroxyl groups is 2. The van der Waals surface area contributed by atoms with Crippen molar-refractivity contribution in [1.29, 1.82) is 0 Å². The summed E-state index contributed by atoms with van der Waals surface area (Å²) in [4.78, 5) is 17.0. The summed E-state index contributed by atoms with van der Waals surface area (Å²) in [5.41, 5.74) is 1.01. The van der Waals surface area contributed by atoms with Crippen LogP contribution in [0.2, 0.25) is 0 Å². The van der Waals surface area contributed by atoms with Crippen LogP contribution < -0.4 is 5.32 Å². The van der Waals surface area contributed by atoms with E-state index in [1.165, 1.54) is 11.1 Å². The standard InChI is InChI=1S/C11H17N3O3/c1-14(2)11(17)10-5-8(3-4-12-10)13-6-9(16)7-15/h3-5,9,15-16H,6-7H2,1-2H3,(H,12,13). The molecule has 17 heavy (non-hydrogen) atoms. The van der Waals surface area contributed by atoms with Crippen molar-refractivity contribution in [3.8, 4) is 0 Å². The molecule has 6 nitrogen and oxygen atoms in total. The Morgan fingerprint density at radius 1 is 1.59 bits per heavy atom. The van der Waals surface area contributed by atoms with E-state index in [2.05, 4.69) is 10.3 Å². The van der Waals surface area contributed by atoms with Gasteiger partial charge in [0.1, 0.15) is 5.69 Å². The van der Waals surface area contributed by atoms with E-state index in [9.17, 15) is 9.90 Å². The highest BCUT2D eigenvalue weighted by Crippen LogP contribution is 2.09. The molecule has 0 bridgehead atoms. The maximum Gasteiger partial charge on any atom is 0.272 e. The quantitative estimate of drug-likeness (QED) is 0.648.